The van der Waals surface area contributed by atoms with Crippen LogP contribution in [0.15, 0.2) is 71.7 Å². The van der Waals surface area contributed by atoms with Crippen LogP contribution in [0, 0.1) is 6.92 Å². The summed E-state index contributed by atoms with van der Waals surface area (Å²) in [5.41, 5.74) is 3.37. The van der Waals surface area contributed by atoms with Crippen LogP contribution in [-0.4, -0.2) is 15.9 Å². The molecule has 0 fully saturated rings. The Labute approximate surface area is 182 Å². The molecule has 0 bridgehead atoms. The predicted molar refractivity (Wildman–Crippen MR) is 121 cm³/mol. The van der Waals surface area contributed by atoms with Gasteiger partial charge in [0.25, 0.3) is 11.5 Å². The van der Waals surface area contributed by atoms with Gasteiger partial charge in [-0.25, -0.2) is 4.98 Å². The Balaban J connectivity index is 1.67. The predicted octanol–water partition coefficient (Wildman–Crippen LogP) is 5.06. The Hall–Kier alpha value is -3.22. The maximum Gasteiger partial charge on any atom is 0.263 e. The van der Waals surface area contributed by atoms with Crippen molar-refractivity contribution in [2.24, 2.45) is 0 Å². The first kappa shape index (κ1) is 20.1. The van der Waals surface area contributed by atoms with E-state index in [1.807, 2.05) is 48.5 Å². The third-order valence-electron chi connectivity index (χ3n) is 4.63. The van der Waals surface area contributed by atoms with E-state index in [1.54, 1.807) is 25.3 Å². The highest BCUT2D eigenvalue weighted by atomic mass is 35.5. The summed E-state index contributed by atoms with van der Waals surface area (Å²) in [6, 6.07) is 18.8. The third kappa shape index (κ3) is 4.20. The first-order valence-corrected chi connectivity index (χ1v) is 10.5. The Morgan fingerprint density at radius 3 is 2.57 bits per heavy atom. The topological polar surface area (TPSA) is 74.8 Å². The second-order valence-corrected chi connectivity index (χ2v) is 8.14. The van der Waals surface area contributed by atoms with Crippen LogP contribution in [0.2, 0.25) is 5.02 Å². The highest BCUT2D eigenvalue weighted by Crippen LogP contribution is 2.33. The molecule has 2 aromatic heterocycles. The van der Waals surface area contributed by atoms with Gasteiger partial charge in [-0.1, -0.05) is 54.1 Å². The molecule has 30 heavy (non-hydrogen) atoms. The molecule has 4 aromatic rings. The smallest absolute Gasteiger partial charge is 0.263 e. The molecule has 2 N–H and O–H groups in total. The van der Waals surface area contributed by atoms with Gasteiger partial charge >= 0.3 is 0 Å². The van der Waals surface area contributed by atoms with Crippen LogP contribution in [-0.2, 0) is 6.54 Å². The summed E-state index contributed by atoms with van der Waals surface area (Å²) in [5, 5.41) is 4.04. The van der Waals surface area contributed by atoms with Gasteiger partial charge in [0.2, 0.25) is 0 Å². The van der Waals surface area contributed by atoms with Crippen LogP contribution >= 0.6 is 22.9 Å². The number of carbonyl (C=O) groups excluding carboxylic acids is 1. The zero-order valence-corrected chi connectivity index (χ0v) is 17.7. The molecule has 7 heteroatoms. The van der Waals surface area contributed by atoms with Crippen molar-refractivity contribution in [2.75, 3.05) is 0 Å². The fourth-order valence-electron chi connectivity index (χ4n) is 3.13. The van der Waals surface area contributed by atoms with Crippen molar-refractivity contribution in [3.8, 4) is 21.7 Å². The Bertz CT molecular complexity index is 1250. The maximum absolute atomic E-state index is 12.7. The number of rotatable bonds is 5. The van der Waals surface area contributed by atoms with Crippen molar-refractivity contribution in [3.05, 3.63) is 98.4 Å². The van der Waals surface area contributed by atoms with Gasteiger partial charge in [-0.05, 0) is 41.8 Å². The molecule has 0 saturated carbocycles. The zero-order chi connectivity index (χ0) is 21.1. The first-order valence-electron chi connectivity index (χ1n) is 9.30. The van der Waals surface area contributed by atoms with Crippen molar-refractivity contribution in [1.29, 1.82) is 0 Å². The van der Waals surface area contributed by atoms with E-state index in [-0.39, 0.29) is 11.5 Å². The standard InChI is InChI=1S/C23H18ClN3O2S/c1-14-20(22(29)26-13-15-5-3-2-4-6-15)30-23(27-14)19-18(11-12-25-21(19)28)16-7-9-17(24)10-8-16/h2-12H,13H2,1H3,(H,25,28)(H,26,29). The lowest BCUT2D eigenvalue weighted by molar-refractivity contribution is 0.0954. The molecule has 2 aromatic carbocycles. The van der Waals surface area contributed by atoms with Crippen LogP contribution in [0.1, 0.15) is 20.9 Å². The minimum Gasteiger partial charge on any atom is -0.347 e. The molecule has 0 spiro atoms. The number of carbonyl (C=O) groups is 1. The molecule has 150 valence electrons. The lowest BCUT2D eigenvalue weighted by atomic mass is 10.0. The number of nitrogens with one attached hydrogen (secondary N) is 2. The van der Waals surface area contributed by atoms with Crippen LogP contribution in [0.25, 0.3) is 21.7 Å². The summed E-state index contributed by atoms with van der Waals surface area (Å²) in [4.78, 5) is 33.1. The largest absolute Gasteiger partial charge is 0.347 e. The summed E-state index contributed by atoms with van der Waals surface area (Å²) in [5.74, 6) is -0.208. The van der Waals surface area contributed by atoms with Crippen molar-refractivity contribution in [1.82, 2.24) is 15.3 Å². The van der Waals surface area contributed by atoms with Gasteiger partial charge in [-0.2, -0.15) is 0 Å². The van der Waals surface area contributed by atoms with Crippen LogP contribution in [0.4, 0.5) is 0 Å². The van der Waals surface area contributed by atoms with E-state index < -0.39 is 0 Å². The minimum absolute atomic E-state index is 0.208. The van der Waals surface area contributed by atoms with Gasteiger partial charge in [-0.15, -0.1) is 11.3 Å². The number of aryl methyl sites for hydroxylation is 1. The molecule has 0 aliphatic rings. The average Bonchev–Trinajstić information content (AvgIpc) is 3.14. The second kappa shape index (κ2) is 8.65. The van der Waals surface area contributed by atoms with E-state index in [4.69, 9.17) is 11.6 Å². The molecule has 0 radical (unpaired) electrons. The number of amides is 1. The average molecular weight is 436 g/mol. The van der Waals surface area contributed by atoms with Gasteiger partial charge in [0.05, 0.1) is 11.3 Å². The normalized spacial score (nSPS) is 10.7. The van der Waals surface area contributed by atoms with Crippen LogP contribution < -0.4 is 10.9 Å². The monoisotopic (exact) mass is 435 g/mol. The Kier molecular flexibility index (Phi) is 5.79. The van der Waals surface area contributed by atoms with E-state index in [1.165, 1.54) is 11.3 Å². The van der Waals surface area contributed by atoms with Gasteiger partial charge in [0.15, 0.2) is 0 Å². The zero-order valence-electron chi connectivity index (χ0n) is 16.1. The van der Waals surface area contributed by atoms with Crippen molar-refractivity contribution in [2.45, 2.75) is 13.5 Å². The number of aromatic amines is 1. The SMILES string of the molecule is Cc1nc(-c2c(-c3ccc(Cl)cc3)cc[nH]c2=O)sc1C(=O)NCc1ccccc1. The fraction of sp³-hybridized carbons (Fsp3) is 0.0870. The number of hydrogen-bond acceptors (Lipinski definition) is 4. The van der Waals surface area contributed by atoms with Gasteiger partial charge in [0.1, 0.15) is 9.88 Å². The molecule has 0 unspecified atom stereocenters. The van der Waals surface area contributed by atoms with E-state index >= 15 is 0 Å². The summed E-state index contributed by atoms with van der Waals surface area (Å²) in [7, 11) is 0. The molecule has 0 saturated heterocycles. The number of thiazole rings is 1. The second-order valence-electron chi connectivity index (χ2n) is 6.70. The van der Waals surface area contributed by atoms with Crippen molar-refractivity contribution < 1.29 is 4.79 Å². The molecule has 0 atom stereocenters. The number of benzene rings is 2. The van der Waals surface area contributed by atoms with E-state index in [2.05, 4.69) is 15.3 Å². The Morgan fingerprint density at radius 2 is 1.83 bits per heavy atom. The summed E-state index contributed by atoms with van der Waals surface area (Å²) in [6.07, 6.45) is 1.60. The summed E-state index contributed by atoms with van der Waals surface area (Å²) in [6.45, 7) is 2.20. The molecule has 4 rings (SSSR count). The number of aromatic nitrogens is 2. The van der Waals surface area contributed by atoms with Crippen LogP contribution in [0.3, 0.4) is 0 Å². The molecular weight excluding hydrogens is 418 g/mol. The number of hydrogen-bond donors (Lipinski definition) is 2. The molecule has 1 amide bonds. The number of H-pyrrole nitrogens is 1. The van der Waals surface area contributed by atoms with Crippen molar-refractivity contribution in [3.63, 3.8) is 0 Å². The number of halogens is 1. The quantitative estimate of drug-likeness (QED) is 0.460. The van der Waals surface area contributed by atoms with E-state index in [9.17, 15) is 9.59 Å². The lowest BCUT2D eigenvalue weighted by Gasteiger charge is -2.06. The van der Waals surface area contributed by atoms with Gasteiger partial charge < -0.3 is 10.3 Å². The van der Waals surface area contributed by atoms with E-state index in [0.717, 1.165) is 16.7 Å². The minimum atomic E-state index is -0.257. The fourth-order valence-corrected chi connectivity index (χ4v) is 4.30. The maximum atomic E-state index is 12.7. The van der Waals surface area contributed by atoms with Gasteiger partial charge in [0, 0.05) is 17.8 Å². The van der Waals surface area contributed by atoms with E-state index in [0.29, 0.717) is 32.7 Å². The first-order chi connectivity index (χ1) is 14.5. The lowest BCUT2D eigenvalue weighted by Crippen LogP contribution is -2.22. The number of pyridine rings is 1. The number of nitrogens with zero attached hydrogens (tertiary/aromatic N) is 1. The molecule has 0 aliphatic heterocycles. The highest BCUT2D eigenvalue weighted by molar-refractivity contribution is 7.17. The molecular formula is C23H18ClN3O2S. The highest BCUT2D eigenvalue weighted by Gasteiger charge is 2.20. The summed E-state index contributed by atoms with van der Waals surface area (Å²) >= 11 is 7.21. The third-order valence-corrected chi connectivity index (χ3v) is 6.05. The molecule has 0 aliphatic carbocycles. The van der Waals surface area contributed by atoms with Crippen molar-refractivity contribution >= 4 is 28.8 Å². The van der Waals surface area contributed by atoms with Gasteiger partial charge in [-0.3, -0.25) is 9.59 Å². The Morgan fingerprint density at radius 1 is 1.10 bits per heavy atom. The molecule has 5 nitrogen and oxygen atoms in total. The molecule has 2 heterocycles. The summed E-state index contributed by atoms with van der Waals surface area (Å²) < 4.78 is 0. The van der Waals surface area contributed by atoms with Crippen LogP contribution in [0.5, 0.6) is 0 Å².